The van der Waals surface area contributed by atoms with Crippen molar-refractivity contribution in [3.8, 4) is 33.6 Å². The third-order valence-corrected chi connectivity index (χ3v) is 11.4. The van der Waals surface area contributed by atoms with Gasteiger partial charge in [-0.2, -0.15) is 13.2 Å². The van der Waals surface area contributed by atoms with Crippen molar-refractivity contribution in [1.29, 1.82) is 0 Å². The summed E-state index contributed by atoms with van der Waals surface area (Å²) in [6, 6.07) is 29.3. The smallest absolute Gasteiger partial charge is 0.433 e. The number of aromatic nitrogens is 4. The summed E-state index contributed by atoms with van der Waals surface area (Å²) in [5.41, 5.74) is 8.29. The summed E-state index contributed by atoms with van der Waals surface area (Å²) in [4.78, 5) is 69.7. The molecule has 4 heterocycles. The number of nitrogens with zero attached hydrogens (tertiary/aromatic N) is 4. The highest BCUT2D eigenvalue weighted by molar-refractivity contribution is 5.88. The highest BCUT2D eigenvalue weighted by Gasteiger charge is 2.42. The fraction of sp³-hybridized carbons (Fsp3) is 0.261. The van der Waals surface area contributed by atoms with Crippen LogP contribution in [0.15, 0.2) is 115 Å². The van der Waals surface area contributed by atoms with Crippen LogP contribution in [0.5, 0.6) is 0 Å². The van der Waals surface area contributed by atoms with Crippen molar-refractivity contribution in [2.24, 2.45) is 5.73 Å². The molecule has 2 aromatic heterocycles. The van der Waals surface area contributed by atoms with Crippen LogP contribution in [0.25, 0.3) is 33.6 Å². The van der Waals surface area contributed by atoms with Crippen LogP contribution >= 0.6 is 0 Å². The van der Waals surface area contributed by atoms with Crippen molar-refractivity contribution < 1.29 is 41.8 Å². The minimum absolute atomic E-state index is 0.0325. The standard InChI is InChI=1S/C46H43F3N8O6/c1-62-45(61)54-37(30-10-4-2-5-11-30)42(58)56-24-8-14-34(56)40-51-26-33(52-40)29-20-16-27(17-21-29)28-18-22-31(23-19-28)36-39(46(47,48)49)55-41(53-36)35-15-9-25-57(35)43(59)38(63-44(50)60)32-12-6-3-7-13-32/h2-7,10-13,16-23,26,34-35,37-38H,8-9,14-15,24-25H2,1H3,(H2,50,60)(H,51,52)(H,53,55)(H,54,61)/t34-,35-,37+,38+/m0/s1. The molecule has 14 nitrogen and oxygen atoms in total. The molecule has 0 saturated carbocycles. The minimum atomic E-state index is -4.78. The number of alkyl carbamates (subject to hydrolysis) is 1. The van der Waals surface area contributed by atoms with Gasteiger partial charge in [0.15, 0.2) is 0 Å². The normalized spacial score (nSPS) is 17.3. The Kier molecular flexibility index (Phi) is 12.0. The summed E-state index contributed by atoms with van der Waals surface area (Å²) >= 11 is 0. The number of benzene rings is 4. The van der Waals surface area contributed by atoms with Crippen molar-refractivity contribution >= 4 is 24.0 Å². The summed E-state index contributed by atoms with van der Waals surface area (Å²) in [5.74, 6) is -0.313. The van der Waals surface area contributed by atoms with Gasteiger partial charge in [0.2, 0.25) is 6.10 Å². The van der Waals surface area contributed by atoms with E-state index in [9.17, 15) is 32.3 Å². The van der Waals surface area contributed by atoms with E-state index in [1.807, 2.05) is 30.3 Å². The number of amides is 4. The maximum Gasteiger partial charge on any atom is 0.433 e. The minimum Gasteiger partial charge on any atom is -0.453 e. The fourth-order valence-electron chi connectivity index (χ4n) is 8.34. The Morgan fingerprint density at radius 3 is 1.84 bits per heavy atom. The summed E-state index contributed by atoms with van der Waals surface area (Å²) in [5, 5.41) is 2.67. The monoisotopic (exact) mass is 860 g/mol. The number of imidazole rings is 2. The second-order valence-electron chi connectivity index (χ2n) is 15.3. The van der Waals surface area contributed by atoms with Gasteiger partial charge in [0.25, 0.3) is 11.8 Å². The Morgan fingerprint density at radius 1 is 0.730 bits per heavy atom. The Bertz CT molecular complexity index is 2580. The first-order chi connectivity index (χ1) is 30.4. The first-order valence-electron chi connectivity index (χ1n) is 20.3. The number of halogens is 3. The van der Waals surface area contributed by atoms with Gasteiger partial charge in [0.05, 0.1) is 31.1 Å². The molecule has 63 heavy (non-hydrogen) atoms. The largest absolute Gasteiger partial charge is 0.453 e. The van der Waals surface area contributed by atoms with Gasteiger partial charge in [0.1, 0.15) is 29.1 Å². The van der Waals surface area contributed by atoms with Gasteiger partial charge in [-0.05, 0) is 47.9 Å². The molecule has 2 fully saturated rings. The number of nitrogens with one attached hydrogen (secondary N) is 3. The van der Waals surface area contributed by atoms with Crippen LogP contribution in [-0.2, 0) is 25.2 Å². The van der Waals surface area contributed by atoms with Gasteiger partial charge < -0.3 is 40.3 Å². The first-order valence-corrected chi connectivity index (χ1v) is 20.3. The molecule has 0 aliphatic carbocycles. The molecular weight excluding hydrogens is 818 g/mol. The number of ether oxygens (including phenoxy) is 2. The van der Waals surface area contributed by atoms with E-state index in [1.54, 1.807) is 90.0 Å². The van der Waals surface area contributed by atoms with E-state index in [1.165, 1.54) is 12.0 Å². The van der Waals surface area contributed by atoms with Crippen LogP contribution in [0, 0.1) is 0 Å². The number of carbonyl (C=O) groups excluding carboxylic acids is 4. The zero-order chi connectivity index (χ0) is 44.3. The number of nitrogens with two attached hydrogens (primary N) is 1. The molecule has 8 rings (SSSR count). The Labute approximate surface area is 359 Å². The van der Waals surface area contributed by atoms with Gasteiger partial charge >= 0.3 is 18.4 Å². The molecule has 4 atom stereocenters. The summed E-state index contributed by atoms with van der Waals surface area (Å²) in [6.45, 7) is 0.706. The Morgan fingerprint density at radius 2 is 1.27 bits per heavy atom. The fourth-order valence-corrected chi connectivity index (χ4v) is 8.34. The molecule has 5 N–H and O–H groups in total. The number of hydrogen-bond acceptors (Lipinski definition) is 8. The summed E-state index contributed by atoms with van der Waals surface area (Å²) in [6.07, 6.45) is -4.07. The van der Waals surface area contributed by atoms with Crippen molar-refractivity contribution in [2.75, 3.05) is 20.2 Å². The third kappa shape index (κ3) is 8.98. The molecule has 0 bridgehead atoms. The highest BCUT2D eigenvalue weighted by atomic mass is 19.4. The lowest BCUT2D eigenvalue weighted by molar-refractivity contribution is -0.142. The number of H-pyrrole nitrogens is 2. The average Bonchev–Trinajstić information content (AvgIpc) is 4.14. The van der Waals surface area contributed by atoms with E-state index in [-0.39, 0.29) is 35.6 Å². The molecule has 0 spiro atoms. The van der Waals surface area contributed by atoms with Gasteiger partial charge in [-0.3, -0.25) is 9.59 Å². The highest BCUT2D eigenvalue weighted by Crippen LogP contribution is 2.41. The van der Waals surface area contributed by atoms with Crippen LogP contribution in [-0.4, -0.2) is 73.9 Å². The maximum absolute atomic E-state index is 14.5. The summed E-state index contributed by atoms with van der Waals surface area (Å²) in [7, 11) is 1.24. The van der Waals surface area contributed by atoms with Gasteiger partial charge in [-0.25, -0.2) is 19.6 Å². The first kappa shape index (κ1) is 42.3. The quantitative estimate of drug-likeness (QED) is 0.0999. The number of primary amides is 1. The maximum atomic E-state index is 14.5. The lowest BCUT2D eigenvalue weighted by atomic mass is 10.0. The molecule has 17 heteroatoms. The third-order valence-electron chi connectivity index (χ3n) is 11.4. The number of alkyl halides is 3. The molecule has 4 amide bonds. The number of likely N-dealkylation sites (tertiary alicyclic amines) is 2. The van der Waals surface area contributed by atoms with Gasteiger partial charge in [-0.1, -0.05) is 109 Å². The molecule has 0 radical (unpaired) electrons. The van der Waals surface area contributed by atoms with E-state index < -0.39 is 48.2 Å². The van der Waals surface area contributed by atoms with Crippen molar-refractivity contribution in [1.82, 2.24) is 35.1 Å². The zero-order valence-corrected chi connectivity index (χ0v) is 34.0. The molecule has 4 aromatic carbocycles. The molecular formula is C46H43F3N8O6. The molecule has 6 aromatic rings. The van der Waals surface area contributed by atoms with Crippen LogP contribution < -0.4 is 11.1 Å². The molecule has 2 aliphatic heterocycles. The van der Waals surface area contributed by atoms with Crippen molar-refractivity contribution in [3.63, 3.8) is 0 Å². The molecule has 0 unspecified atom stereocenters. The van der Waals surface area contributed by atoms with Crippen LogP contribution in [0.3, 0.4) is 0 Å². The van der Waals surface area contributed by atoms with Crippen LogP contribution in [0.2, 0.25) is 0 Å². The Balaban J connectivity index is 0.982. The number of hydrogen-bond donors (Lipinski definition) is 4. The predicted molar refractivity (Wildman–Crippen MR) is 224 cm³/mol. The number of rotatable bonds is 11. The predicted octanol–water partition coefficient (Wildman–Crippen LogP) is 8.41. The van der Waals surface area contributed by atoms with Crippen LogP contribution in [0.1, 0.15) is 78.4 Å². The van der Waals surface area contributed by atoms with Crippen molar-refractivity contribution in [2.45, 2.75) is 56.1 Å². The summed E-state index contributed by atoms with van der Waals surface area (Å²) < 4.78 is 53.6. The van der Waals surface area contributed by atoms with Crippen LogP contribution in [0.4, 0.5) is 22.8 Å². The lowest BCUT2D eigenvalue weighted by Gasteiger charge is -2.28. The van der Waals surface area contributed by atoms with E-state index >= 15 is 0 Å². The van der Waals surface area contributed by atoms with Crippen molar-refractivity contribution in [3.05, 3.63) is 144 Å². The molecule has 2 aliphatic rings. The molecule has 324 valence electrons. The second kappa shape index (κ2) is 17.9. The number of aromatic amines is 2. The van der Waals surface area contributed by atoms with E-state index in [0.29, 0.717) is 42.8 Å². The second-order valence-corrected chi connectivity index (χ2v) is 15.3. The Hall–Kier alpha value is -7.43. The zero-order valence-electron chi connectivity index (χ0n) is 34.0. The topological polar surface area (TPSA) is 189 Å². The van der Waals surface area contributed by atoms with Gasteiger partial charge in [-0.15, -0.1) is 0 Å². The average molecular weight is 861 g/mol. The number of methoxy groups -OCH3 is 1. The molecule has 2 saturated heterocycles. The lowest BCUT2D eigenvalue weighted by Crippen LogP contribution is -2.42. The van der Waals surface area contributed by atoms with E-state index in [4.69, 9.17) is 15.2 Å². The number of carbonyl (C=O) groups is 4. The SMILES string of the molecule is COC(=O)N[C@@H](C(=O)N1CCC[C@H]1c1ncc(-c2ccc(-c3ccc(-c4nc([C@@H]5CCCN5C(=O)[C@H](OC(N)=O)c5ccccc5)[nH]c4C(F)(F)F)cc3)cc2)[nH]1)c1ccccc1. The van der Waals surface area contributed by atoms with E-state index in [0.717, 1.165) is 28.8 Å². The van der Waals surface area contributed by atoms with E-state index in [2.05, 4.69) is 25.3 Å². The van der Waals surface area contributed by atoms with Gasteiger partial charge in [0, 0.05) is 24.2 Å².